The molecule has 1 aromatic heterocycles. The highest BCUT2D eigenvalue weighted by Crippen LogP contribution is 2.15. The van der Waals surface area contributed by atoms with E-state index in [2.05, 4.69) is 15.6 Å². The van der Waals surface area contributed by atoms with Crippen LogP contribution >= 0.6 is 11.3 Å². The van der Waals surface area contributed by atoms with Crippen LogP contribution in [0.1, 0.15) is 23.6 Å². The van der Waals surface area contributed by atoms with Gasteiger partial charge in [-0.1, -0.05) is 18.2 Å². The van der Waals surface area contributed by atoms with Crippen molar-refractivity contribution in [1.29, 1.82) is 0 Å². The van der Waals surface area contributed by atoms with Crippen LogP contribution in [0, 0.1) is 5.82 Å². The maximum absolute atomic E-state index is 13.6. The molecule has 0 aliphatic heterocycles. The summed E-state index contributed by atoms with van der Waals surface area (Å²) in [6, 6.07) is 5.84. The van der Waals surface area contributed by atoms with Gasteiger partial charge in [0.25, 0.3) is 0 Å². The molecule has 8 heteroatoms. The molecule has 2 aromatic rings. The van der Waals surface area contributed by atoms with Crippen LogP contribution in [0.5, 0.6) is 0 Å². The van der Waals surface area contributed by atoms with Crippen molar-refractivity contribution < 1.29 is 14.0 Å². The summed E-state index contributed by atoms with van der Waals surface area (Å²) in [5.41, 5.74) is 8.67. The van der Waals surface area contributed by atoms with Gasteiger partial charge in [0, 0.05) is 31.4 Å². The first-order valence-electron chi connectivity index (χ1n) is 7.86. The van der Waals surface area contributed by atoms with Crippen molar-refractivity contribution >= 4 is 23.2 Å². The molecule has 0 fully saturated rings. The number of halogens is 1. The van der Waals surface area contributed by atoms with E-state index in [0.29, 0.717) is 11.3 Å². The maximum atomic E-state index is 13.6. The van der Waals surface area contributed by atoms with Gasteiger partial charge in [-0.25, -0.2) is 9.37 Å². The Morgan fingerprint density at radius 1 is 1.36 bits per heavy atom. The number of amides is 2. The molecule has 25 heavy (non-hydrogen) atoms. The number of thiazole rings is 1. The van der Waals surface area contributed by atoms with Crippen LogP contribution < -0.4 is 16.4 Å². The largest absolute Gasteiger partial charge is 0.359 e. The van der Waals surface area contributed by atoms with Crippen molar-refractivity contribution in [1.82, 2.24) is 15.6 Å². The maximum Gasteiger partial charge on any atom is 0.230 e. The molecule has 0 saturated carbocycles. The van der Waals surface area contributed by atoms with Gasteiger partial charge >= 0.3 is 0 Å². The van der Waals surface area contributed by atoms with Gasteiger partial charge in [-0.15, -0.1) is 11.3 Å². The normalized spacial score (nSPS) is 13.1. The Balaban J connectivity index is 1.86. The van der Waals surface area contributed by atoms with Gasteiger partial charge in [0.15, 0.2) is 0 Å². The summed E-state index contributed by atoms with van der Waals surface area (Å²) < 4.78 is 13.6. The Morgan fingerprint density at radius 2 is 2.12 bits per heavy atom. The highest BCUT2D eigenvalue weighted by Gasteiger charge is 2.22. The second kappa shape index (κ2) is 9.24. The molecule has 134 valence electrons. The number of aromatic nitrogens is 1. The van der Waals surface area contributed by atoms with Crippen molar-refractivity contribution in [2.24, 2.45) is 5.73 Å². The van der Waals surface area contributed by atoms with E-state index in [-0.39, 0.29) is 37.0 Å². The molecule has 0 aliphatic carbocycles. The molecule has 0 saturated heterocycles. The molecule has 6 nitrogen and oxygen atoms in total. The molecule has 0 radical (unpaired) electrons. The Kier molecular flexibility index (Phi) is 7.03. The third kappa shape index (κ3) is 5.61. The van der Waals surface area contributed by atoms with Crippen LogP contribution in [-0.2, 0) is 16.0 Å². The van der Waals surface area contributed by atoms with Crippen molar-refractivity contribution in [3.05, 3.63) is 52.2 Å². The number of carbonyl (C=O) groups is 2. The van der Waals surface area contributed by atoms with Gasteiger partial charge in [0.05, 0.1) is 17.1 Å². The number of likely N-dealkylation sites (N-methyl/N-ethyl adjacent to an activating group) is 1. The molecule has 0 bridgehead atoms. The molecule has 1 heterocycles. The molecular formula is C17H21FN4O2S. The average Bonchev–Trinajstić information content (AvgIpc) is 3.11. The first kappa shape index (κ1) is 19.0. The fourth-order valence-corrected chi connectivity index (χ4v) is 3.05. The van der Waals surface area contributed by atoms with Crippen molar-refractivity contribution in [2.45, 2.75) is 24.8 Å². The van der Waals surface area contributed by atoms with Crippen LogP contribution in [0.2, 0.25) is 0 Å². The Morgan fingerprint density at radius 3 is 2.76 bits per heavy atom. The summed E-state index contributed by atoms with van der Waals surface area (Å²) in [5.74, 6) is -1.39. The average molecular weight is 364 g/mol. The van der Waals surface area contributed by atoms with E-state index in [4.69, 9.17) is 5.73 Å². The predicted octanol–water partition coefficient (Wildman–Crippen LogP) is 1.19. The van der Waals surface area contributed by atoms with Gasteiger partial charge in [0.2, 0.25) is 11.8 Å². The van der Waals surface area contributed by atoms with Gasteiger partial charge < -0.3 is 16.4 Å². The number of benzene rings is 1. The predicted molar refractivity (Wildman–Crippen MR) is 94.6 cm³/mol. The monoisotopic (exact) mass is 364 g/mol. The summed E-state index contributed by atoms with van der Waals surface area (Å²) in [5, 5.41) is 7.05. The van der Waals surface area contributed by atoms with E-state index >= 15 is 0 Å². The van der Waals surface area contributed by atoms with E-state index in [0.717, 1.165) is 0 Å². The molecule has 0 unspecified atom stereocenters. The Labute approximate surface area is 149 Å². The van der Waals surface area contributed by atoms with Crippen molar-refractivity contribution in [3.8, 4) is 0 Å². The molecule has 2 amide bonds. The number of rotatable bonds is 8. The lowest BCUT2D eigenvalue weighted by Crippen LogP contribution is -2.38. The SMILES string of the molecule is CNC(=O)[C@H](CNC(=O)C[C@H](N)Cc1ccccc1F)c1cscn1. The van der Waals surface area contributed by atoms with Gasteiger partial charge in [0.1, 0.15) is 5.82 Å². The zero-order chi connectivity index (χ0) is 18.2. The first-order valence-corrected chi connectivity index (χ1v) is 8.81. The fraction of sp³-hybridized carbons (Fsp3) is 0.353. The van der Waals surface area contributed by atoms with Gasteiger partial charge in [-0.2, -0.15) is 0 Å². The van der Waals surface area contributed by atoms with E-state index in [9.17, 15) is 14.0 Å². The van der Waals surface area contributed by atoms with Crippen LogP contribution in [0.25, 0.3) is 0 Å². The van der Waals surface area contributed by atoms with E-state index in [1.165, 1.54) is 24.5 Å². The summed E-state index contributed by atoms with van der Waals surface area (Å²) >= 11 is 1.38. The third-order valence-electron chi connectivity index (χ3n) is 3.76. The highest BCUT2D eigenvalue weighted by molar-refractivity contribution is 7.07. The number of nitrogens with one attached hydrogen (secondary N) is 2. The summed E-state index contributed by atoms with van der Waals surface area (Å²) in [6.45, 7) is 0.134. The number of carbonyl (C=O) groups excluding carboxylic acids is 2. The van der Waals surface area contributed by atoms with E-state index < -0.39 is 12.0 Å². The second-order valence-corrected chi connectivity index (χ2v) is 6.36. The minimum absolute atomic E-state index is 0.0475. The van der Waals surface area contributed by atoms with E-state index in [1.807, 2.05) is 0 Å². The smallest absolute Gasteiger partial charge is 0.230 e. The topological polar surface area (TPSA) is 97.1 Å². The molecule has 2 atom stereocenters. The number of nitrogens with two attached hydrogens (primary N) is 1. The number of hydrogen-bond acceptors (Lipinski definition) is 5. The lowest BCUT2D eigenvalue weighted by molar-refractivity contribution is -0.123. The Bertz CT molecular complexity index is 708. The first-order chi connectivity index (χ1) is 12.0. The third-order valence-corrected chi connectivity index (χ3v) is 4.37. The van der Waals surface area contributed by atoms with Crippen LogP contribution in [-0.4, -0.2) is 36.4 Å². The molecule has 4 N–H and O–H groups in total. The highest BCUT2D eigenvalue weighted by atomic mass is 32.1. The van der Waals surface area contributed by atoms with Crippen LogP contribution in [0.3, 0.4) is 0 Å². The minimum Gasteiger partial charge on any atom is -0.359 e. The minimum atomic E-state index is -0.553. The zero-order valence-electron chi connectivity index (χ0n) is 13.9. The summed E-state index contributed by atoms with van der Waals surface area (Å²) in [7, 11) is 1.54. The zero-order valence-corrected chi connectivity index (χ0v) is 14.7. The number of nitrogens with zero attached hydrogens (tertiary/aromatic N) is 1. The summed E-state index contributed by atoms with van der Waals surface area (Å²) in [6.07, 6.45) is 0.316. The van der Waals surface area contributed by atoms with Gasteiger partial charge in [-0.3, -0.25) is 9.59 Å². The fourth-order valence-electron chi connectivity index (χ4n) is 2.44. The lowest BCUT2D eigenvalue weighted by atomic mass is 10.0. The molecule has 2 rings (SSSR count). The molecular weight excluding hydrogens is 343 g/mol. The molecule has 1 aromatic carbocycles. The number of hydrogen-bond donors (Lipinski definition) is 3. The van der Waals surface area contributed by atoms with Gasteiger partial charge in [-0.05, 0) is 18.1 Å². The quantitative estimate of drug-likeness (QED) is 0.655. The van der Waals surface area contributed by atoms with Crippen LogP contribution in [0.15, 0.2) is 35.2 Å². The lowest BCUT2D eigenvalue weighted by Gasteiger charge is -2.16. The molecule has 0 spiro atoms. The standard InChI is InChI=1S/C17H21FN4O2S/c1-20-17(24)13(15-9-25-10-22-15)8-21-16(23)7-12(19)6-11-4-2-3-5-14(11)18/h2-5,9-10,12-13H,6-8,19H2,1H3,(H,20,24)(H,21,23)/t12-,13-/m1/s1. The van der Waals surface area contributed by atoms with Crippen molar-refractivity contribution in [3.63, 3.8) is 0 Å². The van der Waals surface area contributed by atoms with Crippen molar-refractivity contribution in [2.75, 3.05) is 13.6 Å². The van der Waals surface area contributed by atoms with Crippen LogP contribution in [0.4, 0.5) is 4.39 Å². The molecule has 0 aliphatic rings. The Hall–Kier alpha value is -2.32. The second-order valence-electron chi connectivity index (χ2n) is 5.64. The summed E-state index contributed by atoms with van der Waals surface area (Å²) in [4.78, 5) is 28.2. The van der Waals surface area contributed by atoms with E-state index in [1.54, 1.807) is 29.1 Å².